The van der Waals surface area contributed by atoms with Crippen LogP contribution in [0.2, 0.25) is 0 Å². The van der Waals surface area contributed by atoms with Crippen molar-refractivity contribution in [3.8, 4) is 11.8 Å². The fraction of sp³-hybridized carbons (Fsp3) is 0.300. The maximum Gasteiger partial charge on any atom is 0.456 e. The summed E-state index contributed by atoms with van der Waals surface area (Å²) in [6.45, 7) is -1.88. The molecule has 0 bridgehead atoms. The predicted molar refractivity (Wildman–Crippen MR) is 55.4 cm³/mol. The number of halogens is 6. The maximum absolute atomic E-state index is 12.6. The highest BCUT2D eigenvalue weighted by atomic mass is 79.9. The van der Waals surface area contributed by atoms with Crippen molar-refractivity contribution in [3.05, 3.63) is 28.2 Å². The van der Waals surface area contributed by atoms with Crippen LogP contribution in [0.5, 0.6) is 5.75 Å². The summed E-state index contributed by atoms with van der Waals surface area (Å²) in [4.78, 5) is 0. The number of hydrogen-bond acceptors (Lipinski definition) is 2. The zero-order valence-electron chi connectivity index (χ0n) is 8.56. The van der Waals surface area contributed by atoms with Crippen LogP contribution >= 0.6 is 15.9 Å². The molecule has 0 aromatic heterocycles. The molecule has 0 aliphatic heterocycles. The molecule has 0 N–H and O–H groups in total. The number of rotatable bonds is 3. The number of benzene rings is 1. The first kappa shape index (κ1) is 14.7. The molecule has 0 heterocycles. The van der Waals surface area contributed by atoms with E-state index >= 15 is 0 Å². The van der Waals surface area contributed by atoms with Crippen molar-refractivity contribution in [2.24, 2.45) is 0 Å². The monoisotopic (exact) mass is 329 g/mol. The third kappa shape index (κ3) is 3.10. The van der Waals surface area contributed by atoms with Gasteiger partial charge in [0, 0.05) is 0 Å². The van der Waals surface area contributed by atoms with Gasteiger partial charge in [-0.1, -0.05) is 6.07 Å². The van der Waals surface area contributed by atoms with Crippen LogP contribution in [-0.2, 0) is 0 Å². The van der Waals surface area contributed by atoms with Crippen molar-refractivity contribution in [1.82, 2.24) is 0 Å². The molecule has 1 aromatic rings. The second-order valence-corrected chi connectivity index (χ2v) is 4.07. The van der Waals surface area contributed by atoms with Crippen LogP contribution in [0, 0.1) is 11.3 Å². The van der Waals surface area contributed by atoms with Gasteiger partial charge in [0.15, 0.2) is 12.4 Å². The average Bonchev–Trinajstić information content (AvgIpc) is 2.25. The number of hydrogen-bond donors (Lipinski definition) is 0. The van der Waals surface area contributed by atoms with Crippen molar-refractivity contribution >= 4 is 15.9 Å². The van der Waals surface area contributed by atoms with Crippen molar-refractivity contribution in [3.63, 3.8) is 0 Å². The third-order valence-electron chi connectivity index (χ3n) is 1.90. The Morgan fingerprint density at radius 3 is 2.33 bits per heavy atom. The molecule has 1 aromatic carbocycles. The second kappa shape index (κ2) is 5.10. The minimum absolute atomic E-state index is 0.125. The van der Waals surface area contributed by atoms with Crippen LogP contribution in [-0.4, -0.2) is 18.7 Å². The van der Waals surface area contributed by atoms with Crippen molar-refractivity contribution in [1.29, 1.82) is 5.26 Å². The van der Waals surface area contributed by atoms with Crippen molar-refractivity contribution in [2.45, 2.75) is 12.1 Å². The lowest BCUT2D eigenvalue weighted by Crippen LogP contribution is -2.41. The molecule has 0 saturated heterocycles. The Morgan fingerprint density at radius 1 is 1.22 bits per heavy atom. The van der Waals surface area contributed by atoms with E-state index in [9.17, 15) is 22.0 Å². The molecule has 0 spiro atoms. The first-order valence-electron chi connectivity index (χ1n) is 4.45. The minimum Gasteiger partial charge on any atom is -0.484 e. The second-order valence-electron chi connectivity index (χ2n) is 3.22. The summed E-state index contributed by atoms with van der Waals surface area (Å²) in [6.07, 6.45) is -5.69. The van der Waals surface area contributed by atoms with E-state index in [2.05, 4.69) is 20.7 Å². The molecule has 0 aliphatic carbocycles. The summed E-state index contributed by atoms with van der Waals surface area (Å²) >= 11 is 2.90. The number of alkyl halides is 5. The van der Waals surface area contributed by atoms with E-state index in [0.717, 1.165) is 0 Å². The lowest BCUT2D eigenvalue weighted by molar-refractivity contribution is -0.290. The van der Waals surface area contributed by atoms with Crippen molar-refractivity contribution in [2.75, 3.05) is 6.61 Å². The first-order valence-corrected chi connectivity index (χ1v) is 5.24. The Bertz CT molecular complexity index is 480. The Labute approximate surface area is 107 Å². The normalized spacial score (nSPS) is 12.1. The Kier molecular flexibility index (Phi) is 4.16. The van der Waals surface area contributed by atoms with E-state index in [4.69, 9.17) is 5.26 Å². The van der Waals surface area contributed by atoms with Gasteiger partial charge in [-0.25, -0.2) is 0 Å². The van der Waals surface area contributed by atoms with Gasteiger partial charge in [0.1, 0.15) is 6.07 Å². The molecule has 98 valence electrons. The zero-order valence-corrected chi connectivity index (χ0v) is 10.1. The lowest BCUT2D eigenvalue weighted by Gasteiger charge is -2.20. The van der Waals surface area contributed by atoms with E-state index in [1.807, 2.05) is 0 Å². The molecular weight excluding hydrogens is 325 g/mol. The molecule has 0 aliphatic rings. The van der Waals surface area contributed by atoms with Crippen molar-refractivity contribution < 1.29 is 26.7 Å². The summed E-state index contributed by atoms with van der Waals surface area (Å²) in [5.41, 5.74) is -0.137. The van der Waals surface area contributed by atoms with Crippen LogP contribution in [0.15, 0.2) is 22.7 Å². The van der Waals surface area contributed by atoms with Gasteiger partial charge in [-0.05, 0) is 28.1 Å². The molecule has 1 rings (SSSR count). The Hall–Kier alpha value is -1.36. The summed E-state index contributed by atoms with van der Waals surface area (Å²) in [5, 5.41) is 8.67. The molecule has 0 unspecified atom stereocenters. The summed E-state index contributed by atoms with van der Waals surface area (Å²) in [5.74, 6) is -5.32. The maximum atomic E-state index is 12.6. The van der Waals surface area contributed by atoms with Gasteiger partial charge in [-0.15, -0.1) is 0 Å². The van der Waals surface area contributed by atoms with Gasteiger partial charge in [0.25, 0.3) is 0 Å². The van der Waals surface area contributed by atoms with Gasteiger partial charge in [-0.3, -0.25) is 0 Å². The number of nitrogens with zero attached hydrogens (tertiary/aromatic N) is 1. The largest absolute Gasteiger partial charge is 0.484 e. The summed E-state index contributed by atoms with van der Waals surface area (Å²) < 4.78 is 65.5. The average molecular weight is 330 g/mol. The fourth-order valence-corrected chi connectivity index (χ4v) is 1.47. The van der Waals surface area contributed by atoms with Crippen LogP contribution in [0.4, 0.5) is 22.0 Å². The summed E-state index contributed by atoms with van der Waals surface area (Å²) in [7, 11) is 0. The van der Waals surface area contributed by atoms with E-state index in [0.29, 0.717) is 0 Å². The molecule has 18 heavy (non-hydrogen) atoms. The van der Waals surface area contributed by atoms with Gasteiger partial charge in [0.05, 0.1) is 10.0 Å². The van der Waals surface area contributed by atoms with Crippen LogP contribution in [0.3, 0.4) is 0 Å². The topological polar surface area (TPSA) is 33.0 Å². The third-order valence-corrected chi connectivity index (χ3v) is 2.52. The van der Waals surface area contributed by atoms with Crippen LogP contribution < -0.4 is 4.74 Å². The fourth-order valence-electron chi connectivity index (χ4n) is 0.988. The van der Waals surface area contributed by atoms with Crippen LogP contribution in [0.1, 0.15) is 5.56 Å². The predicted octanol–water partition coefficient (Wildman–Crippen LogP) is 3.90. The number of nitriles is 1. The Balaban J connectivity index is 2.92. The highest BCUT2D eigenvalue weighted by Gasteiger charge is 2.58. The zero-order chi connectivity index (χ0) is 14.0. The molecule has 0 radical (unpaired) electrons. The van der Waals surface area contributed by atoms with Crippen LogP contribution in [0.25, 0.3) is 0 Å². The van der Waals surface area contributed by atoms with Gasteiger partial charge < -0.3 is 4.74 Å². The number of ether oxygens (including phenoxy) is 1. The molecule has 8 heteroatoms. The minimum atomic E-state index is -5.69. The van der Waals surface area contributed by atoms with Gasteiger partial charge >= 0.3 is 12.1 Å². The van der Waals surface area contributed by atoms with E-state index < -0.39 is 18.7 Å². The standard InChI is InChI=1S/C10H5BrF5NO/c11-7-3-1-2-6(4-17)8(7)18-5-9(12,13)10(14,15)16/h1-3H,5H2. The first-order chi connectivity index (χ1) is 8.19. The quantitative estimate of drug-likeness (QED) is 0.788. The molecular formula is C10H5BrF5NO. The molecule has 0 atom stereocenters. The molecule has 0 fully saturated rings. The van der Waals surface area contributed by atoms with E-state index in [1.165, 1.54) is 18.2 Å². The van der Waals surface area contributed by atoms with Gasteiger partial charge in [-0.2, -0.15) is 27.2 Å². The smallest absolute Gasteiger partial charge is 0.456 e. The Morgan fingerprint density at radius 2 is 1.83 bits per heavy atom. The molecule has 0 saturated carbocycles. The SMILES string of the molecule is N#Cc1cccc(Br)c1OCC(F)(F)C(F)(F)F. The molecule has 2 nitrogen and oxygen atoms in total. The van der Waals surface area contributed by atoms with E-state index in [1.54, 1.807) is 6.07 Å². The molecule has 0 amide bonds. The highest BCUT2D eigenvalue weighted by Crippen LogP contribution is 2.37. The lowest BCUT2D eigenvalue weighted by atomic mass is 10.2. The van der Waals surface area contributed by atoms with Gasteiger partial charge in [0.2, 0.25) is 0 Å². The van der Waals surface area contributed by atoms with E-state index in [-0.39, 0.29) is 15.8 Å². The highest BCUT2D eigenvalue weighted by molar-refractivity contribution is 9.10. The number of para-hydroxylation sites is 1. The summed E-state index contributed by atoms with van der Waals surface area (Å²) in [6, 6.07) is 5.66.